The number of thiophene rings is 1. The van der Waals surface area contributed by atoms with Gasteiger partial charge in [0.25, 0.3) is 5.91 Å². The van der Waals surface area contributed by atoms with Crippen molar-refractivity contribution in [2.45, 2.75) is 11.3 Å². The number of carbonyl (C=O) groups excluding carboxylic acids is 2. The molecule has 0 aliphatic rings. The molecule has 0 saturated carbocycles. The summed E-state index contributed by atoms with van der Waals surface area (Å²) in [7, 11) is -3.43. The zero-order valence-electron chi connectivity index (χ0n) is 12.4. The first-order valence-corrected chi connectivity index (χ1v) is 9.60. The number of para-hydroxylation sites is 1. The Bertz CT molecular complexity index is 799. The van der Waals surface area contributed by atoms with Gasteiger partial charge in [0.2, 0.25) is 5.91 Å². The van der Waals surface area contributed by atoms with Gasteiger partial charge in [-0.3, -0.25) is 9.59 Å². The van der Waals surface area contributed by atoms with Crippen LogP contribution in [0.4, 0.5) is 5.69 Å². The molecule has 2 rings (SSSR count). The minimum absolute atomic E-state index is 0.0496. The highest BCUT2D eigenvalue weighted by Crippen LogP contribution is 2.20. The largest absolute Gasteiger partial charge is 0.351 e. The van der Waals surface area contributed by atoms with E-state index in [0.717, 1.165) is 6.26 Å². The number of hydrogen-bond donors (Lipinski definition) is 2. The molecule has 2 amide bonds. The monoisotopic (exact) mass is 352 g/mol. The summed E-state index contributed by atoms with van der Waals surface area (Å²) in [6.07, 6.45) is 1.13. The van der Waals surface area contributed by atoms with Crippen LogP contribution in [-0.2, 0) is 14.6 Å². The van der Waals surface area contributed by atoms with E-state index in [0.29, 0.717) is 5.56 Å². The van der Waals surface area contributed by atoms with Gasteiger partial charge in [0.15, 0.2) is 9.84 Å². The Morgan fingerprint density at radius 2 is 1.91 bits per heavy atom. The Balaban J connectivity index is 1.90. The lowest BCUT2D eigenvalue weighted by molar-refractivity contribution is -0.116. The molecule has 0 fully saturated rings. The van der Waals surface area contributed by atoms with E-state index in [9.17, 15) is 18.0 Å². The van der Waals surface area contributed by atoms with Crippen LogP contribution in [0, 0.1) is 0 Å². The lowest BCUT2D eigenvalue weighted by Crippen LogP contribution is -2.27. The van der Waals surface area contributed by atoms with E-state index in [1.807, 2.05) is 0 Å². The van der Waals surface area contributed by atoms with Crippen LogP contribution in [0.5, 0.6) is 0 Å². The van der Waals surface area contributed by atoms with Gasteiger partial charge in [-0.15, -0.1) is 0 Å². The lowest BCUT2D eigenvalue weighted by Gasteiger charge is -2.10. The van der Waals surface area contributed by atoms with Gasteiger partial charge in [0.05, 0.1) is 10.6 Å². The summed E-state index contributed by atoms with van der Waals surface area (Å²) in [5.74, 6) is -0.609. The van der Waals surface area contributed by atoms with Gasteiger partial charge >= 0.3 is 0 Å². The number of rotatable bonds is 6. The summed E-state index contributed by atoms with van der Waals surface area (Å²) < 4.78 is 23.3. The van der Waals surface area contributed by atoms with Crippen LogP contribution < -0.4 is 10.6 Å². The van der Waals surface area contributed by atoms with Crippen molar-refractivity contribution in [3.8, 4) is 0 Å². The summed E-state index contributed by atoms with van der Waals surface area (Å²) in [5, 5.41) is 8.71. The van der Waals surface area contributed by atoms with Crippen molar-refractivity contribution in [1.82, 2.24) is 5.32 Å². The first-order chi connectivity index (χ1) is 10.9. The molecule has 0 unspecified atom stereocenters. The number of anilines is 1. The smallest absolute Gasteiger partial charge is 0.252 e. The maximum atomic E-state index is 11.9. The Morgan fingerprint density at radius 3 is 2.57 bits per heavy atom. The Kier molecular flexibility index (Phi) is 5.51. The van der Waals surface area contributed by atoms with Gasteiger partial charge in [-0.05, 0) is 23.6 Å². The van der Waals surface area contributed by atoms with Crippen molar-refractivity contribution in [2.24, 2.45) is 0 Å². The third kappa shape index (κ3) is 4.90. The van der Waals surface area contributed by atoms with Crippen LogP contribution in [0.3, 0.4) is 0 Å². The second-order valence-corrected chi connectivity index (χ2v) is 7.60. The third-order valence-electron chi connectivity index (χ3n) is 2.98. The van der Waals surface area contributed by atoms with Crippen LogP contribution >= 0.6 is 11.3 Å². The van der Waals surface area contributed by atoms with Crippen molar-refractivity contribution in [2.75, 3.05) is 18.1 Å². The second-order valence-electron chi connectivity index (χ2n) is 4.83. The fourth-order valence-corrected chi connectivity index (χ4v) is 3.37. The van der Waals surface area contributed by atoms with E-state index in [-0.39, 0.29) is 35.4 Å². The molecule has 0 saturated heterocycles. The van der Waals surface area contributed by atoms with Gasteiger partial charge in [-0.2, -0.15) is 11.3 Å². The second kappa shape index (κ2) is 7.38. The normalized spacial score (nSPS) is 11.0. The number of benzene rings is 1. The molecule has 0 spiro atoms. The quantitative estimate of drug-likeness (QED) is 0.831. The van der Waals surface area contributed by atoms with Gasteiger partial charge in [0.1, 0.15) is 0 Å². The Labute approximate surface area is 138 Å². The summed E-state index contributed by atoms with van der Waals surface area (Å²) in [4.78, 5) is 23.7. The van der Waals surface area contributed by atoms with E-state index in [2.05, 4.69) is 10.6 Å². The summed E-state index contributed by atoms with van der Waals surface area (Å²) in [6, 6.07) is 7.89. The molecule has 2 aromatic rings. The maximum absolute atomic E-state index is 11.9. The number of nitrogens with one attached hydrogen (secondary N) is 2. The maximum Gasteiger partial charge on any atom is 0.252 e. The van der Waals surface area contributed by atoms with Gasteiger partial charge in [0, 0.05) is 30.2 Å². The summed E-state index contributed by atoms with van der Waals surface area (Å²) >= 11 is 1.42. The summed E-state index contributed by atoms with van der Waals surface area (Å²) in [6.45, 7) is 0.168. The van der Waals surface area contributed by atoms with Crippen LogP contribution in [0.1, 0.15) is 16.8 Å². The van der Waals surface area contributed by atoms with E-state index < -0.39 is 9.84 Å². The molecule has 0 aliphatic heterocycles. The van der Waals surface area contributed by atoms with E-state index in [4.69, 9.17) is 0 Å². The molecule has 0 radical (unpaired) electrons. The highest BCUT2D eigenvalue weighted by Gasteiger charge is 2.14. The average Bonchev–Trinajstić information content (AvgIpc) is 3.01. The minimum Gasteiger partial charge on any atom is -0.351 e. The predicted octanol–water partition coefficient (Wildman–Crippen LogP) is 1.91. The number of sulfone groups is 1. The molecule has 1 aromatic carbocycles. The molecule has 2 N–H and O–H groups in total. The van der Waals surface area contributed by atoms with Crippen LogP contribution in [0.15, 0.2) is 46.0 Å². The molecular formula is C15H16N2O4S2. The van der Waals surface area contributed by atoms with E-state index in [1.165, 1.54) is 23.5 Å². The minimum atomic E-state index is -3.43. The first kappa shape index (κ1) is 17.2. The molecule has 0 bridgehead atoms. The SMILES string of the molecule is CS(=O)(=O)c1ccccc1NC(=O)CCNC(=O)c1ccsc1. The zero-order valence-corrected chi connectivity index (χ0v) is 14.0. The predicted molar refractivity (Wildman–Crippen MR) is 89.5 cm³/mol. The molecule has 23 heavy (non-hydrogen) atoms. The number of hydrogen-bond acceptors (Lipinski definition) is 5. The Hall–Kier alpha value is -2.19. The molecule has 0 atom stereocenters. The highest BCUT2D eigenvalue weighted by molar-refractivity contribution is 7.90. The van der Waals surface area contributed by atoms with Crippen LogP contribution in [0.25, 0.3) is 0 Å². The molecule has 0 aliphatic carbocycles. The van der Waals surface area contributed by atoms with Gasteiger partial charge in [-0.1, -0.05) is 12.1 Å². The fourth-order valence-electron chi connectivity index (χ4n) is 1.89. The molecule has 1 heterocycles. The highest BCUT2D eigenvalue weighted by atomic mass is 32.2. The lowest BCUT2D eigenvalue weighted by atomic mass is 10.3. The van der Waals surface area contributed by atoms with Crippen LogP contribution in [0.2, 0.25) is 0 Å². The molecule has 1 aromatic heterocycles. The third-order valence-corrected chi connectivity index (χ3v) is 4.82. The zero-order chi connectivity index (χ0) is 16.9. The Morgan fingerprint density at radius 1 is 1.17 bits per heavy atom. The van der Waals surface area contributed by atoms with Gasteiger partial charge < -0.3 is 10.6 Å². The van der Waals surface area contributed by atoms with Crippen molar-refractivity contribution >= 4 is 38.7 Å². The number of amides is 2. The van der Waals surface area contributed by atoms with Crippen molar-refractivity contribution in [1.29, 1.82) is 0 Å². The summed E-state index contributed by atoms with van der Waals surface area (Å²) in [5.41, 5.74) is 0.794. The van der Waals surface area contributed by atoms with Crippen molar-refractivity contribution in [3.05, 3.63) is 46.7 Å². The topological polar surface area (TPSA) is 92.3 Å². The van der Waals surface area contributed by atoms with Crippen molar-refractivity contribution in [3.63, 3.8) is 0 Å². The molecule has 8 heteroatoms. The van der Waals surface area contributed by atoms with Gasteiger partial charge in [-0.25, -0.2) is 8.42 Å². The molecule has 6 nitrogen and oxygen atoms in total. The van der Waals surface area contributed by atoms with Crippen molar-refractivity contribution < 1.29 is 18.0 Å². The molecule has 122 valence electrons. The fraction of sp³-hybridized carbons (Fsp3) is 0.200. The van der Waals surface area contributed by atoms with Crippen LogP contribution in [-0.4, -0.2) is 33.0 Å². The first-order valence-electron chi connectivity index (χ1n) is 6.77. The molecular weight excluding hydrogens is 336 g/mol. The van der Waals surface area contributed by atoms with E-state index in [1.54, 1.807) is 29.0 Å². The van der Waals surface area contributed by atoms with E-state index >= 15 is 0 Å². The average molecular weight is 352 g/mol. The number of carbonyl (C=O) groups is 2. The standard InChI is InChI=1S/C15H16N2O4S2/c1-23(20,21)13-5-3-2-4-12(13)17-14(18)6-8-16-15(19)11-7-9-22-10-11/h2-5,7,9-10H,6,8H2,1H3,(H,16,19)(H,17,18).